The fourth-order valence-corrected chi connectivity index (χ4v) is 3.33. The molecule has 2 N–H and O–H groups in total. The summed E-state index contributed by atoms with van der Waals surface area (Å²) in [6.07, 6.45) is -1.87. The average Bonchev–Trinajstić information content (AvgIpc) is 2.91. The van der Waals surface area contributed by atoms with Gasteiger partial charge in [-0.1, -0.05) is 0 Å². The molecule has 13 heteroatoms. The Hall–Kier alpha value is -3.48. The fraction of sp³-hybridized carbons (Fsp3) is 0.368. The first-order valence-corrected chi connectivity index (χ1v) is 9.67. The summed E-state index contributed by atoms with van der Waals surface area (Å²) in [6.45, 7) is 0.287. The number of carbonyl (C=O) groups is 1. The standard InChI is InChI=1S/C19H18F4N6O3/c20-12-9-25-16(7-15(12)30)26-17-11-8-24-13(18(31)28-2-1-4-32-5-3-28)6-14(11)29(27-17)10-19(21,22)23/h6-9H,1-5,10H2,(H2,25,26,27,30). The van der Waals surface area contributed by atoms with Gasteiger partial charge in [0.1, 0.15) is 18.1 Å². The molecule has 3 aromatic heterocycles. The fourth-order valence-electron chi connectivity index (χ4n) is 3.33. The predicted molar refractivity (Wildman–Crippen MR) is 105 cm³/mol. The number of pyridine rings is 2. The molecule has 1 saturated heterocycles. The van der Waals surface area contributed by atoms with Crippen LogP contribution >= 0.6 is 0 Å². The van der Waals surface area contributed by atoms with Crippen molar-refractivity contribution in [2.75, 3.05) is 31.6 Å². The highest BCUT2D eigenvalue weighted by Gasteiger charge is 2.30. The summed E-state index contributed by atoms with van der Waals surface area (Å²) in [6, 6.07) is 2.16. The predicted octanol–water partition coefficient (Wildman–Crippen LogP) is 2.43. The van der Waals surface area contributed by atoms with E-state index in [0.717, 1.165) is 12.3 Å². The molecule has 9 nitrogen and oxygen atoms in total. The number of hydrogen-bond acceptors (Lipinski definition) is 6. The van der Waals surface area contributed by atoms with E-state index in [4.69, 9.17) is 4.74 Å². The van der Waals surface area contributed by atoms with Crippen LogP contribution in [0.5, 0.6) is 0 Å². The van der Waals surface area contributed by atoms with Crippen molar-refractivity contribution in [3.05, 3.63) is 46.3 Å². The zero-order chi connectivity index (χ0) is 22.9. The van der Waals surface area contributed by atoms with Crippen LogP contribution in [0.3, 0.4) is 0 Å². The van der Waals surface area contributed by atoms with Gasteiger partial charge in [0.25, 0.3) is 5.91 Å². The molecule has 0 radical (unpaired) electrons. The Balaban J connectivity index is 1.72. The molecule has 3 aromatic rings. The Morgan fingerprint density at radius 2 is 2.06 bits per heavy atom. The number of fused-ring (bicyclic) bond motifs is 1. The van der Waals surface area contributed by atoms with Crippen molar-refractivity contribution < 1.29 is 27.1 Å². The van der Waals surface area contributed by atoms with E-state index in [-0.39, 0.29) is 28.2 Å². The Bertz CT molecular complexity index is 1200. The molecule has 1 fully saturated rings. The molecule has 0 saturated carbocycles. The summed E-state index contributed by atoms with van der Waals surface area (Å²) in [5.41, 5.74) is -0.902. The third-order valence-corrected chi connectivity index (χ3v) is 4.81. The van der Waals surface area contributed by atoms with Gasteiger partial charge in [0, 0.05) is 38.2 Å². The molecule has 0 aliphatic carbocycles. The number of alkyl halides is 3. The highest BCUT2D eigenvalue weighted by atomic mass is 19.4. The number of hydrogen-bond donors (Lipinski definition) is 2. The van der Waals surface area contributed by atoms with Crippen molar-refractivity contribution in [3.8, 4) is 0 Å². The molecule has 32 heavy (non-hydrogen) atoms. The lowest BCUT2D eigenvalue weighted by Crippen LogP contribution is -2.33. The summed E-state index contributed by atoms with van der Waals surface area (Å²) >= 11 is 0. The summed E-state index contributed by atoms with van der Waals surface area (Å²) < 4.78 is 58.6. The van der Waals surface area contributed by atoms with Gasteiger partial charge in [-0.05, 0) is 12.5 Å². The van der Waals surface area contributed by atoms with Crippen molar-refractivity contribution >= 4 is 28.4 Å². The zero-order valence-electron chi connectivity index (χ0n) is 16.6. The van der Waals surface area contributed by atoms with Crippen LogP contribution in [-0.2, 0) is 11.3 Å². The number of aromatic nitrogens is 4. The topological polar surface area (TPSA) is 105 Å². The molecule has 0 atom stereocenters. The lowest BCUT2D eigenvalue weighted by atomic mass is 10.2. The van der Waals surface area contributed by atoms with Crippen molar-refractivity contribution in [1.82, 2.24) is 24.6 Å². The van der Waals surface area contributed by atoms with Gasteiger partial charge < -0.3 is 19.9 Å². The second kappa shape index (κ2) is 8.57. The number of anilines is 2. The molecule has 170 valence electrons. The average molecular weight is 454 g/mol. The molecule has 1 aliphatic heterocycles. The number of H-pyrrole nitrogens is 1. The zero-order valence-corrected chi connectivity index (χ0v) is 16.6. The van der Waals surface area contributed by atoms with E-state index < -0.39 is 29.9 Å². The first-order valence-electron chi connectivity index (χ1n) is 9.67. The first kappa shape index (κ1) is 21.7. The number of carbonyl (C=O) groups excluding carboxylic acids is 1. The largest absolute Gasteiger partial charge is 0.408 e. The Morgan fingerprint density at radius 3 is 2.81 bits per heavy atom. The van der Waals surface area contributed by atoms with Crippen LogP contribution in [-0.4, -0.2) is 63.0 Å². The number of rotatable bonds is 4. The van der Waals surface area contributed by atoms with Crippen molar-refractivity contribution in [2.24, 2.45) is 0 Å². The van der Waals surface area contributed by atoms with Crippen molar-refractivity contribution in [3.63, 3.8) is 0 Å². The van der Waals surface area contributed by atoms with Gasteiger partial charge in [0.2, 0.25) is 5.43 Å². The third-order valence-electron chi connectivity index (χ3n) is 4.81. The molecule has 4 heterocycles. The van der Waals surface area contributed by atoms with Crippen molar-refractivity contribution in [2.45, 2.75) is 19.1 Å². The smallest absolute Gasteiger partial charge is 0.380 e. The number of aromatic amines is 1. The van der Waals surface area contributed by atoms with Gasteiger partial charge >= 0.3 is 6.18 Å². The van der Waals surface area contributed by atoms with Gasteiger partial charge in [-0.2, -0.15) is 18.3 Å². The number of nitrogens with zero attached hydrogens (tertiary/aromatic N) is 4. The minimum Gasteiger partial charge on any atom is -0.380 e. The van der Waals surface area contributed by atoms with E-state index in [1.54, 1.807) is 0 Å². The summed E-state index contributed by atoms with van der Waals surface area (Å²) in [5, 5.41) is 6.79. The first-order chi connectivity index (χ1) is 15.2. The minimum absolute atomic E-state index is 0.0236. The van der Waals surface area contributed by atoms with E-state index in [0.29, 0.717) is 37.4 Å². The lowest BCUT2D eigenvalue weighted by molar-refractivity contribution is -0.141. The molecule has 1 amide bonds. The van der Waals surface area contributed by atoms with Crippen LogP contribution in [0.25, 0.3) is 10.9 Å². The summed E-state index contributed by atoms with van der Waals surface area (Å²) in [7, 11) is 0. The van der Waals surface area contributed by atoms with Crippen LogP contribution in [0, 0.1) is 5.82 Å². The SMILES string of the molecule is O=C(c1cc2c(cn1)c(Nc1cc(=O)c(F)c[nH]1)nn2CC(F)(F)F)N1CCCOCC1. The third kappa shape index (κ3) is 4.72. The maximum absolute atomic E-state index is 13.2. The second-order valence-corrected chi connectivity index (χ2v) is 7.15. The molecule has 1 aliphatic rings. The van der Waals surface area contributed by atoms with E-state index in [9.17, 15) is 27.2 Å². The lowest BCUT2D eigenvalue weighted by Gasteiger charge is -2.19. The molecular formula is C19H18F4N6O3. The number of nitrogens with one attached hydrogen (secondary N) is 2. The molecular weight excluding hydrogens is 436 g/mol. The molecule has 0 spiro atoms. The van der Waals surface area contributed by atoms with Gasteiger partial charge in [-0.3, -0.25) is 19.3 Å². The highest BCUT2D eigenvalue weighted by Crippen LogP contribution is 2.28. The number of amides is 1. The Labute approximate surface area is 178 Å². The van der Waals surface area contributed by atoms with Gasteiger partial charge in [0.15, 0.2) is 11.6 Å². The number of ether oxygens (including phenoxy) is 1. The van der Waals surface area contributed by atoms with Crippen LogP contribution in [0.2, 0.25) is 0 Å². The Kier molecular flexibility index (Phi) is 5.82. The van der Waals surface area contributed by atoms with Crippen LogP contribution in [0.1, 0.15) is 16.9 Å². The van der Waals surface area contributed by atoms with Gasteiger partial charge in [-0.25, -0.2) is 4.39 Å². The maximum Gasteiger partial charge on any atom is 0.408 e. The number of halogens is 4. The van der Waals surface area contributed by atoms with E-state index in [1.807, 2.05) is 0 Å². The summed E-state index contributed by atoms with van der Waals surface area (Å²) in [4.78, 5) is 32.5. The van der Waals surface area contributed by atoms with E-state index in [1.165, 1.54) is 17.2 Å². The normalized spacial score (nSPS) is 15.1. The molecule has 4 rings (SSSR count). The van der Waals surface area contributed by atoms with Crippen LogP contribution < -0.4 is 10.7 Å². The second-order valence-electron chi connectivity index (χ2n) is 7.15. The summed E-state index contributed by atoms with van der Waals surface area (Å²) in [5.74, 6) is -1.44. The quantitative estimate of drug-likeness (QED) is 0.587. The van der Waals surface area contributed by atoms with Gasteiger partial charge in [0.05, 0.1) is 17.5 Å². The van der Waals surface area contributed by atoms with E-state index in [2.05, 4.69) is 20.4 Å². The van der Waals surface area contributed by atoms with E-state index >= 15 is 0 Å². The molecule has 0 unspecified atom stereocenters. The molecule has 0 bridgehead atoms. The minimum atomic E-state index is -4.57. The maximum atomic E-state index is 13.2. The highest BCUT2D eigenvalue weighted by molar-refractivity contribution is 5.98. The van der Waals surface area contributed by atoms with Crippen molar-refractivity contribution in [1.29, 1.82) is 0 Å². The Morgan fingerprint density at radius 1 is 1.25 bits per heavy atom. The monoisotopic (exact) mass is 454 g/mol. The molecule has 0 aromatic carbocycles. The van der Waals surface area contributed by atoms with Crippen LogP contribution in [0.15, 0.2) is 29.3 Å². The van der Waals surface area contributed by atoms with Crippen LogP contribution in [0.4, 0.5) is 29.2 Å². The van der Waals surface area contributed by atoms with Gasteiger partial charge in [-0.15, -0.1) is 0 Å².